The Bertz CT molecular complexity index is 1390. The number of imidazole rings is 1. The van der Waals surface area contributed by atoms with Gasteiger partial charge in [0.2, 0.25) is 5.91 Å². The molecule has 0 bridgehead atoms. The highest BCUT2D eigenvalue weighted by atomic mass is 16.2. The molecule has 168 valence electrons. The average molecular weight is 443 g/mol. The van der Waals surface area contributed by atoms with Gasteiger partial charge in [-0.3, -0.25) is 4.79 Å². The fourth-order valence-electron chi connectivity index (χ4n) is 4.90. The number of fused-ring (bicyclic) bond motifs is 1. The first-order valence-corrected chi connectivity index (χ1v) is 11.6. The average Bonchev–Trinajstić information content (AvgIpc) is 3.28. The van der Waals surface area contributed by atoms with Crippen LogP contribution in [0.4, 0.5) is 0 Å². The summed E-state index contributed by atoms with van der Waals surface area (Å²) in [5.41, 5.74) is 4.66. The van der Waals surface area contributed by atoms with Crippen molar-refractivity contribution >= 4 is 16.9 Å². The zero-order valence-electron chi connectivity index (χ0n) is 18.5. The fourth-order valence-corrected chi connectivity index (χ4v) is 4.90. The minimum Gasteiger partial charge on any atom is -0.342 e. The van der Waals surface area contributed by atoms with Crippen LogP contribution in [0.2, 0.25) is 0 Å². The first-order chi connectivity index (χ1) is 16.0. The van der Waals surface area contributed by atoms with Gasteiger partial charge in [-0.15, -0.1) is 0 Å². The first kappa shape index (κ1) is 20.0. The van der Waals surface area contributed by atoms with E-state index in [4.69, 9.17) is 0 Å². The number of rotatable bonds is 5. The summed E-state index contributed by atoms with van der Waals surface area (Å²) in [6, 6.07) is 14.1. The molecule has 4 aromatic rings. The van der Waals surface area contributed by atoms with Crippen molar-refractivity contribution in [2.45, 2.75) is 32.6 Å². The summed E-state index contributed by atoms with van der Waals surface area (Å²) in [4.78, 5) is 34.6. The van der Waals surface area contributed by atoms with E-state index in [1.807, 2.05) is 42.2 Å². The maximum absolute atomic E-state index is 12.6. The summed E-state index contributed by atoms with van der Waals surface area (Å²) < 4.78 is 1.65. The number of aromatic amines is 2. The van der Waals surface area contributed by atoms with Gasteiger partial charge >= 0.3 is 5.69 Å². The lowest BCUT2D eigenvalue weighted by atomic mass is 10.0. The van der Waals surface area contributed by atoms with Gasteiger partial charge in [-0.05, 0) is 67.5 Å². The summed E-state index contributed by atoms with van der Waals surface area (Å²) in [7, 11) is 0. The molecule has 0 radical (unpaired) electrons. The molecule has 2 aliphatic rings. The molecule has 1 aliphatic heterocycles. The van der Waals surface area contributed by atoms with E-state index in [9.17, 15) is 9.59 Å². The van der Waals surface area contributed by atoms with Crippen molar-refractivity contribution in [1.29, 1.82) is 0 Å². The molecule has 1 amide bonds. The third-order valence-electron chi connectivity index (χ3n) is 6.80. The Morgan fingerprint density at radius 3 is 2.67 bits per heavy atom. The van der Waals surface area contributed by atoms with Crippen molar-refractivity contribution < 1.29 is 4.79 Å². The largest absolute Gasteiger partial charge is 0.347 e. The molecule has 6 rings (SSSR count). The van der Waals surface area contributed by atoms with Gasteiger partial charge in [0, 0.05) is 25.4 Å². The second kappa shape index (κ2) is 7.72. The fraction of sp³-hybridized carbons (Fsp3) is 0.360. The molecule has 1 atom stereocenters. The minimum absolute atomic E-state index is 0.240. The van der Waals surface area contributed by atoms with Gasteiger partial charge in [0.15, 0.2) is 0 Å². The van der Waals surface area contributed by atoms with Crippen LogP contribution in [0.1, 0.15) is 30.9 Å². The highest BCUT2D eigenvalue weighted by molar-refractivity contribution is 5.82. The highest BCUT2D eigenvalue weighted by Crippen LogP contribution is 2.33. The second-order valence-corrected chi connectivity index (χ2v) is 9.30. The maximum Gasteiger partial charge on any atom is 0.347 e. The Hall–Kier alpha value is -3.68. The lowest BCUT2D eigenvalue weighted by molar-refractivity contribution is -0.131. The molecule has 8 heteroatoms. The number of amides is 1. The number of carbonyl (C=O) groups is 1. The molecule has 2 aromatic carbocycles. The first-order valence-electron chi connectivity index (χ1n) is 11.6. The van der Waals surface area contributed by atoms with E-state index in [-0.39, 0.29) is 11.6 Å². The molecular formula is C25H26N6O2. The number of carbonyl (C=O) groups excluding carboxylic acids is 1. The van der Waals surface area contributed by atoms with Crippen molar-refractivity contribution in [3.8, 4) is 16.8 Å². The minimum atomic E-state index is -0.240. The van der Waals surface area contributed by atoms with Crippen LogP contribution in [-0.4, -0.2) is 48.6 Å². The van der Waals surface area contributed by atoms with Crippen molar-refractivity contribution in [1.82, 2.24) is 29.6 Å². The Balaban J connectivity index is 1.22. The van der Waals surface area contributed by atoms with Gasteiger partial charge in [-0.25, -0.2) is 19.4 Å². The van der Waals surface area contributed by atoms with Gasteiger partial charge in [0.1, 0.15) is 11.6 Å². The lowest BCUT2D eigenvalue weighted by Gasteiger charge is -2.16. The van der Waals surface area contributed by atoms with Crippen LogP contribution in [0.25, 0.3) is 27.8 Å². The van der Waals surface area contributed by atoms with Crippen molar-refractivity contribution in [2.24, 2.45) is 11.8 Å². The number of H-pyrrole nitrogens is 2. The van der Waals surface area contributed by atoms with E-state index in [1.54, 1.807) is 4.57 Å². The van der Waals surface area contributed by atoms with Crippen LogP contribution < -0.4 is 5.69 Å². The standard InChI is InChI=1S/C25H26N6O2/c1-15-26-21-9-6-19(13-22(21)27-15)17-4-7-20(8-5-17)31-23(28-29-25(31)33)12-16-10-11-30(14-16)24(32)18-2-3-18/h4-9,13,16,18H,2-3,10-12,14H2,1H3,(H,26,27)(H,29,33)/t16-/m0/s1. The van der Waals surface area contributed by atoms with E-state index in [0.29, 0.717) is 24.1 Å². The Labute approximate surface area is 190 Å². The maximum atomic E-state index is 12.6. The summed E-state index contributed by atoms with van der Waals surface area (Å²) in [5.74, 6) is 2.49. The zero-order chi connectivity index (χ0) is 22.5. The van der Waals surface area contributed by atoms with E-state index in [0.717, 1.165) is 66.0 Å². The number of likely N-dealkylation sites (tertiary alicyclic amines) is 1. The normalized spacial score (nSPS) is 18.3. The predicted molar refractivity (Wildman–Crippen MR) is 125 cm³/mol. The number of aromatic nitrogens is 5. The van der Waals surface area contributed by atoms with E-state index < -0.39 is 0 Å². The van der Waals surface area contributed by atoms with Crippen LogP contribution in [0.15, 0.2) is 47.3 Å². The molecular weight excluding hydrogens is 416 g/mol. The summed E-state index contributed by atoms with van der Waals surface area (Å²) in [6.07, 6.45) is 3.69. The van der Waals surface area contributed by atoms with E-state index in [2.05, 4.69) is 32.3 Å². The van der Waals surface area contributed by atoms with Crippen LogP contribution >= 0.6 is 0 Å². The van der Waals surface area contributed by atoms with Gasteiger partial charge in [-0.1, -0.05) is 18.2 Å². The van der Waals surface area contributed by atoms with Gasteiger partial charge < -0.3 is 9.88 Å². The Kier molecular flexibility index (Phi) is 4.67. The Morgan fingerprint density at radius 2 is 1.88 bits per heavy atom. The summed E-state index contributed by atoms with van der Waals surface area (Å²) in [5, 5.41) is 6.91. The smallest absolute Gasteiger partial charge is 0.342 e. The topological polar surface area (TPSA) is 99.7 Å². The monoisotopic (exact) mass is 442 g/mol. The molecule has 2 N–H and O–H groups in total. The molecule has 2 aromatic heterocycles. The predicted octanol–water partition coefficient (Wildman–Crippen LogP) is 3.21. The summed E-state index contributed by atoms with van der Waals surface area (Å²) >= 11 is 0. The van der Waals surface area contributed by atoms with Crippen LogP contribution in [-0.2, 0) is 11.2 Å². The van der Waals surface area contributed by atoms with Crippen LogP contribution in [0.5, 0.6) is 0 Å². The molecule has 3 heterocycles. The third-order valence-corrected chi connectivity index (χ3v) is 6.80. The van der Waals surface area contributed by atoms with Crippen LogP contribution in [0.3, 0.4) is 0 Å². The molecule has 33 heavy (non-hydrogen) atoms. The van der Waals surface area contributed by atoms with Gasteiger partial charge in [0.05, 0.1) is 16.7 Å². The quantitative estimate of drug-likeness (QED) is 0.496. The molecule has 1 saturated heterocycles. The number of hydrogen-bond donors (Lipinski definition) is 2. The number of benzene rings is 2. The van der Waals surface area contributed by atoms with Crippen LogP contribution in [0, 0.1) is 18.8 Å². The van der Waals surface area contributed by atoms with Crippen molar-refractivity contribution in [2.75, 3.05) is 13.1 Å². The SMILES string of the molecule is Cc1nc2ccc(-c3ccc(-n4c(C[C@@H]5CCN(C(=O)C6CC6)C5)n[nH]c4=O)cc3)cc2[nH]1. The molecule has 8 nitrogen and oxygen atoms in total. The van der Waals surface area contributed by atoms with Gasteiger partial charge in [-0.2, -0.15) is 5.10 Å². The van der Waals surface area contributed by atoms with Gasteiger partial charge in [0.25, 0.3) is 0 Å². The number of hydrogen-bond acceptors (Lipinski definition) is 4. The lowest BCUT2D eigenvalue weighted by Crippen LogP contribution is -2.30. The number of nitrogens with one attached hydrogen (secondary N) is 2. The molecule has 2 fully saturated rings. The third kappa shape index (κ3) is 3.75. The second-order valence-electron chi connectivity index (χ2n) is 9.30. The van der Waals surface area contributed by atoms with E-state index in [1.165, 1.54) is 0 Å². The van der Waals surface area contributed by atoms with Crippen molar-refractivity contribution in [3.63, 3.8) is 0 Å². The van der Waals surface area contributed by atoms with E-state index >= 15 is 0 Å². The number of nitrogens with zero attached hydrogens (tertiary/aromatic N) is 4. The molecule has 1 saturated carbocycles. The number of aryl methyl sites for hydroxylation is 1. The molecule has 0 unspecified atom stereocenters. The molecule has 1 aliphatic carbocycles. The summed E-state index contributed by atoms with van der Waals surface area (Å²) in [6.45, 7) is 3.51. The molecule has 0 spiro atoms. The Morgan fingerprint density at radius 1 is 1.09 bits per heavy atom. The zero-order valence-corrected chi connectivity index (χ0v) is 18.5. The highest BCUT2D eigenvalue weighted by Gasteiger charge is 2.36. The van der Waals surface area contributed by atoms with Crippen molar-refractivity contribution in [3.05, 3.63) is 64.6 Å².